The van der Waals surface area contributed by atoms with Crippen LogP contribution in [0.15, 0.2) is 35.7 Å². The van der Waals surface area contributed by atoms with Crippen molar-refractivity contribution in [3.63, 3.8) is 0 Å². The van der Waals surface area contributed by atoms with Gasteiger partial charge in [-0.05, 0) is 34.6 Å². The highest BCUT2D eigenvalue weighted by molar-refractivity contribution is 7.12. The fourth-order valence-electron chi connectivity index (χ4n) is 1.89. The Morgan fingerprint density at radius 3 is 3.11 bits per heavy atom. The molecule has 90 valence electrons. The summed E-state index contributed by atoms with van der Waals surface area (Å²) in [5.41, 5.74) is 2.34. The van der Waals surface area contributed by atoms with E-state index < -0.39 is 7.12 Å². The molecule has 0 radical (unpaired) electrons. The first-order chi connectivity index (χ1) is 8.74. The molecule has 0 spiro atoms. The number of carbonyl (C=O) groups is 1. The van der Waals surface area contributed by atoms with Gasteiger partial charge in [0.15, 0.2) is 0 Å². The van der Waals surface area contributed by atoms with Gasteiger partial charge in [0.1, 0.15) is 0 Å². The minimum Gasteiger partial charge on any atom is -0.423 e. The molecule has 4 nitrogen and oxygen atoms in total. The first-order valence-electron chi connectivity index (χ1n) is 5.51. The summed E-state index contributed by atoms with van der Waals surface area (Å²) in [5, 5.41) is 14.2. The van der Waals surface area contributed by atoms with Gasteiger partial charge in [-0.25, -0.2) is 0 Å². The lowest BCUT2D eigenvalue weighted by Crippen LogP contribution is -2.28. The smallest absolute Gasteiger partial charge is 0.423 e. The van der Waals surface area contributed by atoms with Gasteiger partial charge in [-0.3, -0.25) is 4.79 Å². The Kier molecular flexibility index (Phi) is 2.91. The number of fused-ring (bicyclic) bond motifs is 1. The van der Waals surface area contributed by atoms with Gasteiger partial charge in [0, 0.05) is 5.69 Å². The average Bonchev–Trinajstić information content (AvgIpc) is 3.00. The Balaban J connectivity index is 1.82. The second kappa shape index (κ2) is 4.57. The lowest BCUT2D eigenvalue weighted by atomic mass is 9.79. The molecule has 6 heteroatoms. The molecule has 1 amide bonds. The van der Waals surface area contributed by atoms with Crippen molar-refractivity contribution in [1.82, 2.24) is 0 Å². The summed E-state index contributed by atoms with van der Waals surface area (Å²) < 4.78 is 5.10. The zero-order valence-corrected chi connectivity index (χ0v) is 10.2. The molecule has 18 heavy (non-hydrogen) atoms. The first kappa shape index (κ1) is 11.5. The van der Waals surface area contributed by atoms with Crippen molar-refractivity contribution in [2.24, 2.45) is 0 Å². The lowest BCUT2D eigenvalue weighted by Gasteiger charge is -2.06. The molecule has 3 rings (SSSR count). The fraction of sp³-hybridized carbons (Fsp3) is 0.0833. The van der Waals surface area contributed by atoms with Crippen LogP contribution >= 0.6 is 11.3 Å². The van der Waals surface area contributed by atoms with Crippen LogP contribution in [-0.2, 0) is 11.3 Å². The number of carbonyl (C=O) groups excluding carboxylic acids is 1. The highest BCUT2D eigenvalue weighted by Crippen LogP contribution is 2.16. The molecule has 2 aromatic rings. The summed E-state index contributed by atoms with van der Waals surface area (Å²) in [6, 6.07) is 9.02. The number of hydrogen-bond acceptors (Lipinski definition) is 4. The van der Waals surface area contributed by atoms with E-state index in [4.69, 9.17) is 4.65 Å². The number of amides is 1. The second-order valence-corrected chi connectivity index (χ2v) is 4.96. The normalized spacial score (nSPS) is 13.5. The molecule has 0 fully saturated rings. The Hall–Kier alpha value is -1.63. The predicted octanol–water partition coefficient (Wildman–Crippen LogP) is 1.22. The molecule has 1 aliphatic heterocycles. The van der Waals surface area contributed by atoms with Crippen molar-refractivity contribution in [2.45, 2.75) is 6.61 Å². The maximum atomic E-state index is 11.9. The van der Waals surface area contributed by atoms with Crippen molar-refractivity contribution >= 4 is 35.5 Å². The molecule has 1 aromatic carbocycles. The average molecular weight is 259 g/mol. The third-order valence-corrected chi connectivity index (χ3v) is 3.68. The van der Waals surface area contributed by atoms with Gasteiger partial charge in [0.2, 0.25) is 0 Å². The number of thiophene rings is 1. The van der Waals surface area contributed by atoms with E-state index in [1.54, 1.807) is 12.1 Å². The Morgan fingerprint density at radius 1 is 1.44 bits per heavy atom. The van der Waals surface area contributed by atoms with Crippen LogP contribution in [0, 0.1) is 0 Å². The third kappa shape index (κ3) is 2.05. The van der Waals surface area contributed by atoms with E-state index in [1.165, 1.54) is 11.3 Å². The topological polar surface area (TPSA) is 58.6 Å². The SMILES string of the molecule is O=C(Nc1ccc2c(c1)B(O)OC2)c1cccs1. The van der Waals surface area contributed by atoms with Crippen LogP contribution in [0.1, 0.15) is 15.2 Å². The molecule has 1 aromatic heterocycles. The second-order valence-electron chi connectivity index (χ2n) is 4.01. The van der Waals surface area contributed by atoms with E-state index in [0.717, 1.165) is 11.0 Å². The maximum Gasteiger partial charge on any atom is 0.491 e. The van der Waals surface area contributed by atoms with Crippen molar-refractivity contribution in [1.29, 1.82) is 0 Å². The quantitative estimate of drug-likeness (QED) is 0.797. The molecule has 0 atom stereocenters. The number of anilines is 1. The van der Waals surface area contributed by atoms with E-state index >= 15 is 0 Å². The van der Waals surface area contributed by atoms with Crippen LogP contribution in [-0.4, -0.2) is 18.0 Å². The molecule has 0 saturated heterocycles. The van der Waals surface area contributed by atoms with Crippen LogP contribution in [0.3, 0.4) is 0 Å². The zero-order chi connectivity index (χ0) is 12.5. The Morgan fingerprint density at radius 2 is 2.33 bits per heavy atom. The molecule has 0 saturated carbocycles. The number of rotatable bonds is 2. The summed E-state index contributed by atoms with van der Waals surface area (Å²) >= 11 is 1.39. The monoisotopic (exact) mass is 259 g/mol. The summed E-state index contributed by atoms with van der Waals surface area (Å²) in [6.07, 6.45) is 0. The summed E-state index contributed by atoms with van der Waals surface area (Å²) in [7, 11) is -0.890. The number of hydrogen-bond donors (Lipinski definition) is 2. The van der Waals surface area contributed by atoms with E-state index in [1.807, 2.05) is 23.6 Å². The molecular weight excluding hydrogens is 249 g/mol. The van der Waals surface area contributed by atoms with Gasteiger partial charge in [0.25, 0.3) is 5.91 Å². The predicted molar refractivity (Wildman–Crippen MR) is 71.1 cm³/mol. The van der Waals surface area contributed by atoms with Crippen LogP contribution in [0.2, 0.25) is 0 Å². The standard InChI is InChI=1S/C12H10BNO3S/c15-12(11-2-1-5-18-11)14-9-4-3-8-7-17-13(16)10(8)6-9/h1-6,16H,7H2,(H,14,15). The van der Waals surface area contributed by atoms with Gasteiger partial charge in [-0.1, -0.05) is 12.1 Å². The van der Waals surface area contributed by atoms with E-state index in [2.05, 4.69) is 5.32 Å². The van der Waals surface area contributed by atoms with E-state index in [0.29, 0.717) is 17.2 Å². The number of benzene rings is 1. The van der Waals surface area contributed by atoms with Crippen LogP contribution in [0.25, 0.3) is 0 Å². The summed E-state index contributed by atoms with van der Waals surface area (Å²) in [6.45, 7) is 0.412. The molecular formula is C12H10BNO3S. The highest BCUT2D eigenvalue weighted by atomic mass is 32.1. The van der Waals surface area contributed by atoms with E-state index in [9.17, 15) is 9.82 Å². The van der Waals surface area contributed by atoms with Crippen LogP contribution < -0.4 is 10.8 Å². The van der Waals surface area contributed by atoms with Gasteiger partial charge in [-0.15, -0.1) is 11.3 Å². The fourth-order valence-corrected chi connectivity index (χ4v) is 2.51. The Labute approximate surface area is 108 Å². The van der Waals surface area contributed by atoms with Crippen LogP contribution in [0.4, 0.5) is 5.69 Å². The largest absolute Gasteiger partial charge is 0.491 e. The Bertz CT molecular complexity index is 585. The molecule has 2 heterocycles. The zero-order valence-electron chi connectivity index (χ0n) is 9.42. The van der Waals surface area contributed by atoms with Crippen molar-refractivity contribution in [3.8, 4) is 0 Å². The number of nitrogens with one attached hydrogen (secondary N) is 1. The highest BCUT2D eigenvalue weighted by Gasteiger charge is 2.27. The van der Waals surface area contributed by atoms with Gasteiger partial charge >= 0.3 is 7.12 Å². The minimum absolute atomic E-state index is 0.140. The van der Waals surface area contributed by atoms with Gasteiger partial charge in [0.05, 0.1) is 11.5 Å². The summed E-state index contributed by atoms with van der Waals surface area (Å²) in [5.74, 6) is -0.140. The van der Waals surface area contributed by atoms with Gasteiger partial charge < -0.3 is 15.0 Å². The van der Waals surface area contributed by atoms with Gasteiger partial charge in [-0.2, -0.15) is 0 Å². The van der Waals surface area contributed by atoms with Crippen molar-refractivity contribution < 1.29 is 14.5 Å². The molecule has 0 aliphatic carbocycles. The maximum absolute atomic E-state index is 11.9. The van der Waals surface area contributed by atoms with Crippen LogP contribution in [0.5, 0.6) is 0 Å². The first-order valence-corrected chi connectivity index (χ1v) is 6.39. The molecule has 0 bridgehead atoms. The molecule has 2 N–H and O–H groups in total. The lowest BCUT2D eigenvalue weighted by molar-refractivity contribution is 0.103. The van der Waals surface area contributed by atoms with E-state index in [-0.39, 0.29) is 5.91 Å². The minimum atomic E-state index is -0.890. The molecule has 0 unspecified atom stereocenters. The summed E-state index contributed by atoms with van der Waals surface area (Å²) in [4.78, 5) is 12.5. The molecule has 1 aliphatic rings. The van der Waals surface area contributed by atoms with Crippen molar-refractivity contribution in [2.75, 3.05) is 5.32 Å². The third-order valence-electron chi connectivity index (χ3n) is 2.81. The van der Waals surface area contributed by atoms with Crippen molar-refractivity contribution in [3.05, 3.63) is 46.2 Å².